The van der Waals surface area contributed by atoms with Crippen LogP contribution in [0.2, 0.25) is 0 Å². The second-order valence-electron chi connectivity index (χ2n) is 3.20. The predicted molar refractivity (Wildman–Crippen MR) is 43.1 cm³/mol. The number of rotatable bonds is 2. The molecule has 1 fully saturated rings. The molecule has 1 aliphatic carbocycles. The molecule has 0 unspecified atom stereocenters. The largest absolute Gasteiger partial charge is 0.245 e. The van der Waals surface area contributed by atoms with Crippen molar-refractivity contribution in [3.63, 3.8) is 0 Å². The highest BCUT2D eigenvalue weighted by molar-refractivity contribution is 4.99. The Morgan fingerprint density at radius 1 is 1.45 bits per heavy atom. The van der Waals surface area contributed by atoms with Gasteiger partial charge in [0.25, 0.3) is 0 Å². The topological polar surface area (TPSA) is 25.8 Å². The predicted octanol–water partition coefficient (Wildman–Crippen LogP) is 1.82. The Bertz CT molecular complexity index is 216. The van der Waals surface area contributed by atoms with Crippen molar-refractivity contribution in [3.8, 4) is 0 Å². The highest BCUT2D eigenvalue weighted by Gasteiger charge is 2.17. The molecule has 0 aliphatic heterocycles. The number of hydrogen-bond acceptors (Lipinski definition) is 2. The van der Waals surface area contributed by atoms with Gasteiger partial charge in [0.1, 0.15) is 6.33 Å². The summed E-state index contributed by atoms with van der Waals surface area (Å²) in [6.45, 7) is 0. The zero-order valence-corrected chi connectivity index (χ0v) is 6.53. The van der Waals surface area contributed by atoms with E-state index < -0.39 is 0 Å². The first-order chi connectivity index (χ1) is 5.45. The maximum Gasteiger partial charge on any atom is 0.115 e. The molecule has 2 heteroatoms. The third-order valence-corrected chi connectivity index (χ3v) is 2.37. The van der Waals surface area contributed by atoms with Crippen LogP contribution in [0, 0.1) is 5.92 Å². The maximum atomic E-state index is 4.19. The van der Waals surface area contributed by atoms with E-state index in [2.05, 4.69) is 9.97 Å². The van der Waals surface area contributed by atoms with E-state index in [1.165, 1.54) is 25.0 Å². The Morgan fingerprint density at radius 2 is 2.36 bits per heavy atom. The van der Waals surface area contributed by atoms with Crippen LogP contribution < -0.4 is 0 Å². The van der Waals surface area contributed by atoms with E-state index in [1.807, 2.05) is 12.3 Å². The molecule has 0 N–H and O–H groups in total. The van der Waals surface area contributed by atoms with Gasteiger partial charge >= 0.3 is 0 Å². The van der Waals surface area contributed by atoms with Crippen LogP contribution in [-0.4, -0.2) is 9.97 Å². The van der Waals surface area contributed by atoms with Crippen LogP contribution in [-0.2, 0) is 6.42 Å². The van der Waals surface area contributed by atoms with Crippen molar-refractivity contribution in [2.24, 2.45) is 5.92 Å². The van der Waals surface area contributed by atoms with Crippen LogP contribution >= 0.6 is 0 Å². The Balaban J connectivity index is 1.95. The van der Waals surface area contributed by atoms with Gasteiger partial charge in [-0.1, -0.05) is 19.3 Å². The molecule has 1 saturated carbocycles. The van der Waals surface area contributed by atoms with Gasteiger partial charge in [-0.05, 0) is 18.4 Å². The first kappa shape index (κ1) is 6.77. The summed E-state index contributed by atoms with van der Waals surface area (Å²) in [4.78, 5) is 8.07. The lowest BCUT2D eigenvalue weighted by Crippen LogP contribution is -2.14. The summed E-state index contributed by atoms with van der Waals surface area (Å²) in [6, 6.07) is 2.01. The van der Waals surface area contributed by atoms with Gasteiger partial charge in [0.15, 0.2) is 0 Å². The Labute approximate surface area is 66.7 Å². The SMILES string of the molecule is c1cc(CC2CCC2)ncn1. The molecule has 11 heavy (non-hydrogen) atoms. The summed E-state index contributed by atoms with van der Waals surface area (Å²) < 4.78 is 0. The molecular formula is C9H12N2. The molecule has 1 aliphatic rings. The second kappa shape index (κ2) is 2.99. The molecular weight excluding hydrogens is 136 g/mol. The van der Waals surface area contributed by atoms with Gasteiger partial charge < -0.3 is 0 Å². The monoisotopic (exact) mass is 148 g/mol. The van der Waals surface area contributed by atoms with Crippen LogP contribution in [0.3, 0.4) is 0 Å². The molecule has 58 valence electrons. The maximum absolute atomic E-state index is 4.19. The highest BCUT2D eigenvalue weighted by Crippen LogP contribution is 2.28. The van der Waals surface area contributed by atoms with Gasteiger partial charge in [0, 0.05) is 11.9 Å². The zero-order chi connectivity index (χ0) is 7.52. The van der Waals surface area contributed by atoms with Crippen LogP contribution in [0.15, 0.2) is 18.6 Å². The standard InChI is InChI=1S/C9H12N2/c1-2-8(3-1)6-9-4-5-10-7-11-9/h4-5,7-8H,1-3,6H2. The molecule has 0 amide bonds. The van der Waals surface area contributed by atoms with Gasteiger partial charge in [-0.2, -0.15) is 0 Å². The third kappa shape index (κ3) is 1.56. The van der Waals surface area contributed by atoms with Crippen LogP contribution in [0.1, 0.15) is 25.0 Å². The summed E-state index contributed by atoms with van der Waals surface area (Å²) in [7, 11) is 0. The molecule has 0 aromatic carbocycles. The van der Waals surface area contributed by atoms with E-state index in [0.717, 1.165) is 12.3 Å². The lowest BCUT2D eigenvalue weighted by Gasteiger charge is -2.24. The molecule has 0 radical (unpaired) electrons. The molecule has 0 spiro atoms. The summed E-state index contributed by atoms with van der Waals surface area (Å²) in [6.07, 6.45) is 8.81. The van der Waals surface area contributed by atoms with Crippen molar-refractivity contribution in [2.75, 3.05) is 0 Å². The lowest BCUT2D eigenvalue weighted by atomic mass is 9.82. The molecule has 2 rings (SSSR count). The van der Waals surface area contributed by atoms with Crippen molar-refractivity contribution in [2.45, 2.75) is 25.7 Å². The van der Waals surface area contributed by atoms with Gasteiger partial charge in [-0.3, -0.25) is 0 Å². The molecule has 1 heterocycles. The van der Waals surface area contributed by atoms with Crippen molar-refractivity contribution in [3.05, 3.63) is 24.3 Å². The van der Waals surface area contributed by atoms with Gasteiger partial charge in [-0.15, -0.1) is 0 Å². The molecule has 0 saturated heterocycles. The molecule has 0 atom stereocenters. The fourth-order valence-electron chi connectivity index (χ4n) is 1.43. The lowest BCUT2D eigenvalue weighted by molar-refractivity contribution is 0.312. The van der Waals surface area contributed by atoms with Crippen LogP contribution in [0.4, 0.5) is 0 Å². The Hall–Kier alpha value is -0.920. The fourth-order valence-corrected chi connectivity index (χ4v) is 1.43. The average molecular weight is 148 g/mol. The van der Waals surface area contributed by atoms with Crippen molar-refractivity contribution < 1.29 is 0 Å². The highest BCUT2D eigenvalue weighted by atomic mass is 14.8. The summed E-state index contributed by atoms with van der Waals surface area (Å²) in [5, 5.41) is 0. The Morgan fingerprint density at radius 3 is 2.91 bits per heavy atom. The second-order valence-corrected chi connectivity index (χ2v) is 3.20. The minimum absolute atomic E-state index is 0.907. The number of aromatic nitrogens is 2. The van der Waals surface area contributed by atoms with E-state index in [-0.39, 0.29) is 0 Å². The summed E-state index contributed by atoms with van der Waals surface area (Å²) in [5.74, 6) is 0.907. The first-order valence-corrected chi connectivity index (χ1v) is 4.20. The van der Waals surface area contributed by atoms with Crippen LogP contribution in [0.25, 0.3) is 0 Å². The number of nitrogens with zero attached hydrogens (tertiary/aromatic N) is 2. The summed E-state index contributed by atoms with van der Waals surface area (Å²) in [5.41, 5.74) is 1.20. The van der Waals surface area contributed by atoms with Crippen LogP contribution in [0.5, 0.6) is 0 Å². The van der Waals surface area contributed by atoms with E-state index in [4.69, 9.17) is 0 Å². The molecule has 0 bridgehead atoms. The van der Waals surface area contributed by atoms with E-state index in [9.17, 15) is 0 Å². The quantitative estimate of drug-likeness (QED) is 0.639. The summed E-state index contributed by atoms with van der Waals surface area (Å²) >= 11 is 0. The van der Waals surface area contributed by atoms with E-state index in [1.54, 1.807) is 6.33 Å². The zero-order valence-electron chi connectivity index (χ0n) is 6.53. The van der Waals surface area contributed by atoms with Crippen molar-refractivity contribution >= 4 is 0 Å². The average Bonchev–Trinajstić information content (AvgIpc) is 1.99. The van der Waals surface area contributed by atoms with E-state index >= 15 is 0 Å². The molecule has 1 aromatic rings. The first-order valence-electron chi connectivity index (χ1n) is 4.20. The van der Waals surface area contributed by atoms with Crippen molar-refractivity contribution in [1.82, 2.24) is 9.97 Å². The van der Waals surface area contributed by atoms with Gasteiger partial charge in [-0.25, -0.2) is 9.97 Å². The van der Waals surface area contributed by atoms with E-state index in [0.29, 0.717) is 0 Å². The third-order valence-electron chi connectivity index (χ3n) is 2.37. The van der Waals surface area contributed by atoms with Gasteiger partial charge in [0.2, 0.25) is 0 Å². The Kier molecular flexibility index (Phi) is 1.84. The van der Waals surface area contributed by atoms with Gasteiger partial charge in [0.05, 0.1) is 0 Å². The normalized spacial score (nSPS) is 17.8. The molecule has 2 nitrogen and oxygen atoms in total. The number of hydrogen-bond donors (Lipinski definition) is 0. The van der Waals surface area contributed by atoms with Crippen molar-refractivity contribution in [1.29, 1.82) is 0 Å². The molecule has 1 aromatic heterocycles. The minimum atomic E-state index is 0.907. The smallest absolute Gasteiger partial charge is 0.115 e. The minimum Gasteiger partial charge on any atom is -0.245 e. The fraction of sp³-hybridized carbons (Fsp3) is 0.556.